The normalized spacial score (nSPS) is 17.3. The van der Waals surface area contributed by atoms with Crippen LogP contribution in [-0.2, 0) is 16.1 Å². The summed E-state index contributed by atoms with van der Waals surface area (Å²) in [6, 6.07) is 16.9. The number of benzene rings is 2. The summed E-state index contributed by atoms with van der Waals surface area (Å²) in [7, 11) is 0. The molecule has 0 radical (unpaired) electrons. The van der Waals surface area contributed by atoms with E-state index in [1.807, 2.05) is 48.5 Å². The lowest BCUT2D eigenvalue weighted by atomic mass is 10.2. The predicted molar refractivity (Wildman–Crippen MR) is 129 cm³/mol. The van der Waals surface area contributed by atoms with Gasteiger partial charge in [0.15, 0.2) is 16.7 Å². The van der Waals surface area contributed by atoms with E-state index in [4.69, 9.17) is 9.47 Å². The molecule has 2 aliphatic heterocycles. The number of fused-ring (bicyclic) bond motifs is 1. The summed E-state index contributed by atoms with van der Waals surface area (Å²) in [5.74, 6) is 1.16. The van der Waals surface area contributed by atoms with E-state index in [-0.39, 0.29) is 29.9 Å². The van der Waals surface area contributed by atoms with Crippen LogP contribution in [0.25, 0.3) is 0 Å². The Hall–Kier alpha value is -3.73. The fourth-order valence-electron chi connectivity index (χ4n) is 4.06. The summed E-state index contributed by atoms with van der Waals surface area (Å²) in [4.78, 5) is 41.3. The number of hydrogen-bond acceptors (Lipinski definition) is 7. The van der Waals surface area contributed by atoms with Crippen molar-refractivity contribution in [3.05, 3.63) is 70.6 Å². The molecular weight excluding hydrogens is 470 g/mol. The molecule has 1 aromatic heterocycles. The SMILES string of the molecule is O=C(CSc1n[nH]c(=O)n1Cc1ccccc1)N1CCN(C(=O)[C@@H]2COc3ccccc3O2)CC1. The number of rotatable bonds is 6. The molecule has 1 saturated heterocycles. The van der Waals surface area contributed by atoms with Gasteiger partial charge in [-0.05, 0) is 17.7 Å². The first-order valence-corrected chi connectivity index (χ1v) is 12.3. The van der Waals surface area contributed by atoms with Gasteiger partial charge >= 0.3 is 5.69 Å². The summed E-state index contributed by atoms with van der Waals surface area (Å²) < 4.78 is 13.0. The van der Waals surface area contributed by atoms with Crippen LogP contribution in [0.4, 0.5) is 0 Å². The third-order valence-electron chi connectivity index (χ3n) is 5.96. The van der Waals surface area contributed by atoms with Gasteiger partial charge < -0.3 is 19.3 Å². The Morgan fingerprint density at radius 2 is 1.66 bits per heavy atom. The average molecular weight is 496 g/mol. The molecule has 2 aliphatic rings. The van der Waals surface area contributed by atoms with E-state index in [1.165, 1.54) is 16.3 Å². The molecule has 0 spiro atoms. The number of amides is 2. The molecule has 10 nitrogen and oxygen atoms in total. The molecule has 1 N–H and O–H groups in total. The molecule has 1 atom stereocenters. The van der Waals surface area contributed by atoms with Crippen molar-refractivity contribution in [2.24, 2.45) is 0 Å². The Kier molecular flexibility index (Phi) is 6.75. The zero-order chi connectivity index (χ0) is 24.2. The Balaban J connectivity index is 1.12. The van der Waals surface area contributed by atoms with Gasteiger partial charge in [0.25, 0.3) is 5.91 Å². The first-order valence-electron chi connectivity index (χ1n) is 11.4. The van der Waals surface area contributed by atoms with Crippen LogP contribution in [0.3, 0.4) is 0 Å². The van der Waals surface area contributed by atoms with E-state index in [0.29, 0.717) is 49.4 Å². The van der Waals surface area contributed by atoms with Crippen LogP contribution in [-0.4, -0.2) is 81.0 Å². The lowest BCUT2D eigenvalue weighted by molar-refractivity contribution is -0.145. The van der Waals surface area contributed by atoms with Crippen LogP contribution in [0.15, 0.2) is 64.5 Å². The number of carbonyl (C=O) groups excluding carboxylic acids is 2. The highest BCUT2D eigenvalue weighted by molar-refractivity contribution is 7.99. The minimum atomic E-state index is -0.691. The predicted octanol–water partition coefficient (Wildman–Crippen LogP) is 1.22. The highest BCUT2D eigenvalue weighted by atomic mass is 32.2. The van der Waals surface area contributed by atoms with Gasteiger partial charge in [-0.15, -0.1) is 5.10 Å². The maximum atomic E-state index is 12.9. The maximum absolute atomic E-state index is 12.9. The number of ether oxygens (including phenoxy) is 2. The Bertz CT molecular complexity index is 1250. The van der Waals surface area contributed by atoms with Crippen LogP contribution in [0.5, 0.6) is 11.5 Å². The van der Waals surface area contributed by atoms with Gasteiger partial charge in [-0.25, -0.2) is 9.89 Å². The fourth-order valence-corrected chi connectivity index (χ4v) is 4.91. The molecular formula is C24H25N5O5S. The van der Waals surface area contributed by atoms with Crippen LogP contribution < -0.4 is 15.2 Å². The minimum absolute atomic E-state index is 0.0602. The van der Waals surface area contributed by atoms with E-state index in [0.717, 1.165) is 5.56 Å². The van der Waals surface area contributed by atoms with E-state index >= 15 is 0 Å². The third kappa shape index (κ3) is 5.19. The van der Waals surface area contributed by atoms with Crippen LogP contribution in [0.2, 0.25) is 0 Å². The second-order valence-electron chi connectivity index (χ2n) is 8.24. The van der Waals surface area contributed by atoms with Crippen molar-refractivity contribution in [3.8, 4) is 11.5 Å². The smallest absolute Gasteiger partial charge is 0.344 e. The summed E-state index contributed by atoms with van der Waals surface area (Å²) in [5.41, 5.74) is 0.660. The van der Waals surface area contributed by atoms with Gasteiger partial charge in [0.2, 0.25) is 12.0 Å². The number of piperazine rings is 1. The molecule has 1 fully saturated rings. The number of thioether (sulfide) groups is 1. The largest absolute Gasteiger partial charge is 0.485 e. The summed E-state index contributed by atoms with van der Waals surface area (Å²) in [6.07, 6.45) is -0.691. The Morgan fingerprint density at radius 3 is 2.43 bits per heavy atom. The van der Waals surface area contributed by atoms with E-state index in [2.05, 4.69) is 10.2 Å². The second kappa shape index (κ2) is 10.3. The van der Waals surface area contributed by atoms with E-state index in [1.54, 1.807) is 15.9 Å². The Morgan fingerprint density at radius 1 is 0.971 bits per heavy atom. The number of H-pyrrole nitrogens is 1. The number of aromatic nitrogens is 3. The van der Waals surface area contributed by atoms with Gasteiger partial charge in [0.05, 0.1) is 12.3 Å². The highest BCUT2D eigenvalue weighted by Crippen LogP contribution is 2.31. The van der Waals surface area contributed by atoms with Crippen LogP contribution in [0, 0.1) is 0 Å². The molecule has 2 amide bonds. The molecule has 3 heterocycles. The lowest BCUT2D eigenvalue weighted by Gasteiger charge is -2.37. The third-order valence-corrected chi connectivity index (χ3v) is 6.92. The van der Waals surface area contributed by atoms with Crippen molar-refractivity contribution in [2.45, 2.75) is 17.8 Å². The van der Waals surface area contributed by atoms with Crippen molar-refractivity contribution in [1.82, 2.24) is 24.6 Å². The monoisotopic (exact) mass is 495 g/mol. The van der Waals surface area contributed by atoms with Gasteiger partial charge in [-0.1, -0.05) is 54.2 Å². The first kappa shape index (κ1) is 23.0. The highest BCUT2D eigenvalue weighted by Gasteiger charge is 2.33. The zero-order valence-electron chi connectivity index (χ0n) is 19.0. The molecule has 182 valence electrons. The quantitative estimate of drug-likeness (QED) is 0.512. The first-order chi connectivity index (χ1) is 17.1. The molecule has 0 saturated carbocycles. The Labute approximate surface area is 205 Å². The maximum Gasteiger partial charge on any atom is 0.344 e. The topological polar surface area (TPSA) is 110 Å². The molecule has 3 aromatic rings. The van der Waals surface area contributed by atoms with Crippen molar-refractivity contribution in [1.29, 1.82) is 0 Å². The van der Waals surface area contributed by atoms with Crippen molar-refractivity contribution in [3.63, 3.8) is 0 Å². The van der Waals surface area contributed by atoms with Gasteiger partial charge in [0.1, 0.15) is 6.61 Å². The molecule has 0 aliphatic carbocycles. The minimum Gasteiger partial charge on any atom is -0.485 e. The fraction of sp³-hybridized carbons (Fsp3) is 0.333. The second-order valence-corrected chi connectivity index (χ2v) is 9.18. The van der Waals surface area contributed by atoms with Crippen LogP contribution >= 0.6 is 11.8 Å². The summed E-state index contributed by atoms with van der Waals surface area (Å²) >= 11 is 1.22. The standard InChI is InChI=1S/C24H25N5O5S/c30-21(16-35-24-26-25-23(32)29(24)14-17-6-2-1-3-7-17)27-10-12-28(13-11-27)22(31)20-15-33-18-8-4-5-9-19(18)34-20/h1-9,20H,10-16H2,(H,25,32)/t20-/m0/s1. The number of para-hydroxylation sites is 2. The summed E-state index contributed by atoms with van der Waals surface area (Å²) in [5, 5.41) is 7.00. The van der Waals surface area contributed by atoms with Crippen molar-refractivity contribution < 1.29 is 19.1 Å². The average Bonchev–Trinajstić information content (AvgIpc) is 3.26. The van der Waals surface area contributed by atoms with Gasteiger partial charge in [0, 0.05) is 26.2 Å². The summed E-state index contributed by atoms with van der Waals surface area (Å²) in [6.45, 7) is 2.28. The molecule has 2 aromatic carbocycles. The number of aromatic amines is 1. The molecule has 35 heavy (non-hydrogen) atoms. The molecule has 5 rings (SSSR count). The lowest BCUT2D eigenvalue weighted by Crippen LogP contribution is -2.55. The van der Waals surface area contributed by atoms with Crippen LogP contribution in [0.1, 0.15) is 5.56 Å². The molecule has 11 heteroatoms. The van der Waals surface area contributed by atoms with Crippen molar-refractivity contribution >= 4 is 23.6 Å². The van der Waals surface area contributed by atoms with E-state index < -0.39 is 6.10 Å². The number of nitrogens with zero attached hydrogens (tertiary/aromatic N) is 4. The van der Waals surface area contributed by atoms with Gasteiger partial charge in [-0.2, -0.15) is 0 Å². The van der Waals surface area contributed by atoms with Gasteiger partial charge in [-0.3, -0.25) is 14.2 Å². The number of hydrogen-bond donors (Lipinski definition) is 1. The van der Waals surface area contributed by atoms with Crippen molar-refractivity contribution in [2.75, 3.05) is 38.5 Å². The number of carbonyl (C=O) groups is 2. The molecule has 0 bridgehead atoms. The molecule has 0 unspecified atom stereocenters. The van der Waals surface area contributed by atoms with E-state index in [9.17, 15) is 14.4 Å². The number of nitrogens with one attached hydrogen (secondary N) is 1. The zero-order valence-corrected chi connectivity index (χ0v) is 19.8.